The average molecular weight is 219 g/mol. The Morgan fingerprint density at radius 1 is 1.06 bits per heavy atom. The minimum atomic E-state index is 0.248. The van der Waals surface area contributed by atoms with E-state index in [1.54, 1.807) is 24.5 Å². The molecule has 0 N–H and O–H groups in total. The lowest BCUT2D eigenvalue weighted by atomic mass is 10.0. The van der Waals surface area contributed by atoms with Gasteiger partial charge < -0.3 is 0 Å². The molecule has 0 saturated carbocycles. The Hall–Kier alpha value is -1.18. The third-order valence-corrected chi connectivity index (χ3v) is 2.76. The second kappa shape index (κ2) is 8.03. The summed E-state index contributed by atoms with van der Waals surface area (Å²) in [6, 6.07) is 3.58. The highest BCUT2D eigenvalue weighted by Gasteiger charge is 2.03. The van der Waals surface area contributed by atoms with Crippen molar-refractivity contribution < 1.29 is 4.79 Å². The number of aromatic nitrogens is 1. The van der Waals surface area contributed by atoms with Gasteiger partial charge in [0, 0.05) is 24.4 Å². The summed E-state index contributed by atoms with van der Waals surface area (Å²) in [5.41, 5.74) is 0.795. The molecular weight excluding hydrogens is 198 g/mol. The molecule has 0 aromatic carbocycles. The molecule has 1 aromatic heterocycles. The smallest absolute Gasteiger partial charge is 0.162 e. The Labute approximate surface area is 98.1 Å². The molecule has 0 amide bonds. The summed E-state index contributed by atoms with van der Waals surface area (Å²) in [6.07, 6.45) is 11.4. The topological polar surface area (TPSA) is 30.0 Å². The van der Waals surface area contributed by atoms with Gasteiger partial charge >= 0.3 is 0 Å². The van der Waals surface area contributed by atoms with Crippen molar-refractivity contribution in [2.24, 2.45) is 0 Å². The van der Waals surface area contributed by atoms with E-state index in [0.29, 0.717) is 6.42 Å². The van der Waals surface area contributed by atoms with Gasteiger partial charge in [0.15, 0.2) is 5.78 Å². The molecule has 1 aromatic rings. The Morgan fingerprint density at radius 3 is 2.38 bits per heavy atom. The maximum Gasteiger partial charge on any atom is 0.162 e. The number of Topliss-reactive ketones (excluding diaryl/α,β-unsaturated/α-hetero) is 1. The maximum absolute atomic E-state index is 11.7. The molecule has 2 heteroatoms. The lowest BCUT2D eigenvalue weighted by Crippen LogP contribution is -1.98. The van der Waals surface area contributed by atoms with E-state index < -0.39 is 0 Å². The van der Waals surface area contributed by atoms with Crippen LogP contribution in [0, 0.1) is 0 Å². The first-order valence-electron chi connectivity index (χ1n) is 6.28. The fraction of sp³-hybridized carbons (Fsp3) is 0.571. The number of ketones is 1. The van der Waals surface area contributed by atoms with Crippen molar-refractivity contribution in [2.75, 3.05) is 0 Å². The molecule has 1 rings (SSSR count). The molecule has 0 unspecified atom stereocenters. The first kappa shape index (κ1) is 12.9. The van der Waals surface area contributed by atoms with Gasteiger partial charge in [0.2, 0.25) is 0 Å². The first-order valence-corrected chi connectivity index (χ1v) is 6.28. The Morgan fingerprint density at radius 2 is 1.69 bits per heavy atom. The van der Waals surface area contributed by atoms with Crippen LogP contribution in [0.1, 0.15) is 62.2 Å². The molecule has 16 heavy (non-hydrogen) atoms. The molecule has 0 fully saturated rings. The molecule has 0 aliphatic rings. The van der Waals surface area contributed by atoms with Gasteiger partial charge in [-0.25, -0.2) is 0 Å². The molecule has 0 spiro atoms. The number of nitrogens with zero attached hydrogens (tertiary/aromatic N) is 1. The number of carbonyl (C=O) groups is 1. The van der Waals surface area contributed by atoms with Crippen LogP contribution in [0.4, 0.5) is 0 Å². The minimum absolute atomic E-state index is 0.248. The van der Waals surface area contributed by atoms with Gasteiger partial charge in [-0.05, 0) is 18.6 Å². The van der Waals surface area contributed by atoms with E-state index in [4.69, 9.17) is 0 Å². The number of rotatable bonds is 8. The van der Waals surface area contributed by atoms with Gasteiger partial charge in [-0.1, -0.05) is 39.0 Å². The molecular formula is C14H21NO. The zero-order valence-corrected chi connectivity index (χ0v) is 10.1. The van der Waals surface area contributed by atoms with E-state index >= 15 is 0 Å². The van der Waals surface area contributed by atoms with Crippen LogP contribution in [0.2, 0.25) is 0 Å². The monoisotopic (exact) mass is 219 g/mol. The van der Waals surface area contributed by atoms with Gasteiger partial charge in [-0.2, -0.15) is 0 Å². The van der Waals surface area contributed by atoms with E-state index in [1.165, 1.54) is 32.1 Å². The predicted octanol–water partition coefficient (Wildman–Crippen LogP) is 4.01. The van der Waals surface area contributed by atoms with E-state index in [0.717, 1.165) is 12.0 Å². The number of hydrogen-bond donors (Lipinski definition) is 0. The summed E-state index contributed by atoms with van der Waals surface area (Å²) in [5.74, 6) is 0.248. The Bertz CT molecular complexity index is 295. The van der Waals surface area contributed by atoms with Crippen LogP contribution in [-0.2, 0) is 0 Å². The van der Waals surface area contributed by atoms with Crippen LogP contribution in [-0.4, -0.2) is 10.8 Å². The lowest BCUT2D eigenvalue weighted by Gasteiger charge is -2.01. The van der Waals surface area contributed by atoms with Gasteiger partial charge in [-0.3, -0.25) is 9.78 Å². The normalized spacial score (nSPS) is 10.3. The highest BCUT2D eigenvalue weighted by atomic mass is 16.1. The zero-order chi connectivity index (χ0) is 11.6. The molecule has 2 nitrogen and oxygen atoms in total. The van der Waals surface area contributed by atoms with Gasteiger partial charge in [-0.15, -0.1) is 0 Å². The van der Waals surface area contributed by atoms with Crippen molar-refractivity contribution in [1.82, 2.24) is 4.98 Å². The summed E-state index contributed by atoms with van der Waals surface area (Å²) >= 11 is 0. The van der Waals surface area contributed by atoms with Gasteiger partial charge in [0.25, 0.3) is 0 Å². The summed E-state index contributed by atoms with van der Waals surface area (Å²) in [7, 11) is 0. The van der Waals surface area contributed by atoms with E-state index in [-0.39, 0.29) is 5.78 Å². The molecule has 0 atom stereocenters. The van der Waals surface area contributed by atoms with E-state index in [2.05, 4.69) is 11.9 Å². The van der Waals surface area contributed by atoms with Crippen LogP contribution in [0.15, 0.2) is 24.5 Å². The summed E-state index contributed by atoms with van der Waals surface area (Å²) in [4.78, 5) is 15.6. The number of unbranched alkanes of at least 4 members (excludes halogenated alkanes) is 5. The number of carbonyl (C=O) groups excluding carboxylic acids is 1. The highest BCUT2D eigenvalue weighted by Crippen LogP contribution is 2.10. The Balaban J connectivity index is 2.12. The fourth-order valence-electron chi connectivity index (χ4n) is 1.75. The van der Waals surface area contributed by atoms with Crippen molar-refractivity contribution in [3.8, 4) is 0 Å². The van der Waals surface area contributed by atoms with Gasteiger partial charge in [0.05, 0.1) is 0 Å². The molecule has 0 bridgehead atoms. The molecule has 0 radical (unpaired) electrons. The van der Waals surface area contributed by atoms with E-state index in [1.807, 2.05) is 0 Å². The molecule has 0 aliphatic carbocycles. The second-order valence-corrected chi connectivity index (χ2v) is 4.18. The molecule has 0 aliphatic heterocycles. The van der Waals surface area contributed by atoms with Crippen LogP contribution < -0.4 is 0 Å². The largest absolute Gasteiger partial charge is 0.294 e. The van der Waals surface area contributed by atoms with Crippen LogP contribution >= 0.6 is 0 Å². The number of hydrogen-bond acceptors (Lipinski definition) is 2. The molecule has 1 heterocycles. The van der Waals surface area contributed by atoms with E-state index in [9.17, 15) is 4.79 Å². The van der Waals surface area contributed by atoms with Crippen molar-refractivity contribution in [3.05, 3.63) is 30.1 Å². The van der Waals surface area contributed by atoms with Gasteiger partial charge in [0.1, 0.15) is 0 Å². The SMILES string of the molecule is CCCCCCCCC(=O)c1ccncc1. The maximum atomic E-state index is 11.7. The predicted molar refractivity (Wildman–Crippen MR) is 66.6 cm³/mol. The van der Waals surface area contributed by atoms with Crippen molar-refractivity contribution in [1.29, 1.82) is 0 Å². The minimum Gasteiger partial charge on any atom is -0.294 e. The quantitative estimate of drug-likeness (QED) is 0.488. The molecule has 0 saturated heterocycles. The summed E-state index contributed by atoms with van der Waals surface area (Å²) in [6.45, 7) is 2.22. The summed E-state index contributed by atoms with van der Waals surface area (Å²) in [5, 5.41) is 0. The van der Waals surface area contributed by atoms with Crippen molar-refractivity contribution in [2.45, 2.75) is 51.9 Å². The first-order chi connectivity index (χ1) is 7.84. The molecule has 88 valence electrons. The van der Waals surface area contributed by atoms with Crippen LogP contribution in [0.25, 0.3) is 0 Å². The third kappa shape index (κ3) is 5.06. The van der Waals surface area contributed by atoms with Crippen molar-refractivity contribution >= 4 is 5.78 Å². The van der Waals surface area contributed by atoms with Crippen LogP contribution in [0.5, 0.6) is 0 Å². The lowest BCUT2D eigenvalue weighted by molar-refractivity contribution is 0.0979. The standard InChI is InChI=1S/C14H21NO/c1-2-3-4-5-6-7-8-14(16)13-9-11-15-12-10-13/h9-12H,2-8H2,1H3. The number of pyridine rings is 1. The third-order valence-electron chi connectivity index (χ3n) is 2.76. The second-order valence-electron chi connectivity index (χ2n) is 4.18. The fourth-order valence-corrected chi connectivity index (χ4v) is 1.75. The van der Waals surface area contributed by atoms with Crippen LogP contribution in [0.3, 0.4) is 0 Å². The summed E-state index contributed by atoms with van der Waals surface area (Å²) < 4.78 is 0. The average Bonchev–Trinajstić information content (AvgIpc) is 2.34. The van der Waals surface area contributed by atoms with Crippen molar-refractivity contribution in [3.63, 3.8) is 0 Å². The zero-order valence-electron chi connectivity index (χ0n) is 10.1. The Kier molecular flexibility index (Phi) is 6.47. The highest BCUT2D eigenvalue weighted by molar-refractivity contribution is 5.95.